The summed E-state index contributed by atoms with van der Waals surface area (Å²) in [5.41, 5.74) is 2.03. The average Bonchev–Trinajstić information content (AvgIpc) is 2.69. The highest BCUT2D eigenvalue weighted by molar-refractivity contribution is 7.92. The first-order valence-electron chi connectivity index (χ1n) is 9.71. The molecule has 7 heteroatoms. The molecule has 0 aliphatic rings. The fourth-order valence-corrected chi connectivity index (χ4v) is 4.05. The highest BCUT2D eigenvalue weighted by atomic mass is 32.2. The maximum absolute atomic E-state index is 12.6. The molecule has 162 valence electrons. The summed E-state index contributed by atoms with van der Waals surface area (Å²) >= 11 is 0. The van der Waals surface area contributed by atoms with Crippen LogP contribution in [-0.2, 0) is 15.4 Å². The molecule has 0 aliphatic heterocycles. The first-order valence-corrected chi connectivity index (χ1v) is 11.2. The number of hydrogen-bond acceptors (Lipinski definition) is 4. The molecular weight excluding hydrogens is 414 g/mol. The third-order valence-corrected chi connectivity index (χ3v) is 6.19. The standard InChI is InChI=1S/C24H25NO5S/c1-16-5-14-21(15-22(16)23(26)27)31(28,29)25-18-8-12-20(13-9-18)30-19-10-6-17(7-11-19)24(2,3)4/h5-15,25H,1-4H3,(H,26,27). The van der Waals surface area contributed by atoms with Crippen LogP contribution in [0.25, 0.3) is 0 Å². The van der Waals surface area contributed by atoms with Crippen molar-refractivity contribution in [3.05, 3.63) is 83.4 Å². The van der Waals surface area contributed by atoms with E-state index in [1.807, 2.05) is 24.3 Å². The van der Waals surface area contributed by atoms with Gasteiger partial charge in [-0.3, -0.25) is 4.72 Å². The SMILES string of the molecule is Cc1ccc(S(=O)(=O)Nc2ccc(Oc3ccc(C(C)(C)C)cc3)cc2)cc1C(=O)O. The van der Waals surface area contributed by atoms with E-state index in [2.05, 4.69) is 25.5 Å². The van der Waals surface area contributed by atoms with Gasteiger partial charge in [-0.15, -0.1) is 0 Å². The van der Waals surface area contributed by atoms with Crippen molar-refractivity contribution in [2.24, 2.45) is 0 Å². The predicted octanol–water partition coefficient (Wildman–Crippen LogP) is 5.58. The van der Waals surface area contributed by atoms with Gasteiger partial charge in [0.25, 0.3) is 10.0 Å². The Labute approximate surface area is 182 Å². The summed E-state index contributed by atoms with van der Waals surface area (Å²) in [4.78, 5) is 11.2. The second kappa shape index (κ2) is 8.43. The van der Waals surface area contributed by atoms with Crippen molar-refractivity contribution in [1.82, 2.24) is 0 Å². The van der Waals surface area contributed by atoms with Crippen LogP contribution in [0.4, 0.5) is 5.69 Å². The average molecular weight is 440 g/mol. The molecule has 3 aromatic rings. The molecule has 0 spiro atoms. The predicted molar refractivity (Wildman–Crippen MR) is 121 cm³/mol. The first-order chi connectivity index (χ1) is 14.5. The third-order valence-electron chi connectivity index (χ3n) is 4.81. The van der Waals surface area contributed by atoms with E-state index in [1.165, 1.54) is 17.7 Å². The van der Waals surface area contributed by atoms with Crippen molar-refractivity contribution in [2.75, 3.05) is 4.72 Å². The number of aryl methyl sites for hydroxylation is 1. The summed E-state index contributed by atoms with van der Waals surface area (Å²) in [7, 11) is -3.93. The number of carbonyl (C=O) groups is 1. The molecule has 3 rings (SSSR count). The molecule has 0 amide bonds. The number of ether oxygens (including phenoxy) is 1. The number of sulfonamides is 1. The summed E-state index contributed by atoms with van der Waals surface area (Å²) in [6.45, 7) is 8.04. The number of carboxylic acids is 1. The Morgan fingerprint density at radius 1 is 0.903 bits per heavy atom. The molecule has 0 unspecified atom stereocenters. The van der Waals surface area contributed by atoms with Crippen molar-refractivity contribution in [3.63, 3.8) is 0 Å². The second-order valence-electron chi connectivity index (χ2n) is 8.29. The highest BCUT2D eigenvalue weighted by Crippen LogP contribution is 2.28. The van der Waals surface area contributed by atoms with Crippen LogP contribution in [0.1, 0.15) is 42.3 Å². The fourth-order valence-electron chi connectivity index (χ4n) is 2.96. The molecule has 0 atom stereocenters. The summed E-state index contributed by atoms with van der Waals surface area (Å²) in [6.07, 6.45) is 0. The minimum Gasteiger partial charge on any atom is -0.478 e. The number of anilines is 1. The molecule has 0 heterocycles. The summed E-state index contributed by atoms with van der Waals surface area (Å²) in [6, 6.07) is 18.3. The molecule has 2 N–H and O–H groups in total. The van der Waals surface area contributed by atoms with E-state index in [-0.39, 0.29) is 15.9 Å². The Kier molecular flexibility index (Phi) is 6.08. The zero-order valence-corrected chi connectivity index (χ0v) is 18.7. The monoisotopic (exact) mass is 439 g/mol. The Morgan fingerprint density at radius 2 is 1.45 bits per heavy atom. The largest absolute Gasteiger partial charge is 0.478 e. The van der Waals surface area contributed by atoms with Gasteiger partial charge in [0, 0.05) is 5.69 Å². The maximum Gasteiger partial charge on any atom is 0.335 e. The molecule has 0 aliphatic carbocycles. The first kappa shape index (κ1) is 22.4. The van der Waals surface area contributed by atoms with Crippen molar-refractivity contribution >= 4 is 21.7 Å². The zero-order valence-electron chi connectivity index (χ0n) is 17.8. The van der Waals surface area contributed by atoms with Gasteiger partial charge in [-0.25, -0.2) is 13.2 Å². The van der Waals surface area contributed by atoms with Gasteiger partial charge in [0.05, 0.1) is 10.5 Å². The smallest absolute Gasteiger partial charge is 0.335 e. The number of aromatic carboxylic acids is 1. The van der Waals surface area contributed by atoms with Gasteiger partial charge in [-0.05, 0) is 72.0 Å². The van der Waals surface area contributed by atoms with Crippen molar-refractivity contribution in [2.45, 2.75) is 38.0 Å². The van der Waals surface area contributed by atoms with Crippen molar-refractivity contribution < 1.29 is 23.1 Å². The Morgan fingerprint density at radius 3 is 1.97 bits per heavy atom. The number of rotatable bonds is 6. The molecular formula is C24H25NO5S. The van der Waals surface area contributed by atoms with E-state index < -0.39 is 16.0 Å². The Hall–Kier alpha value is -3.32. The topological polar surface area (TPSA) is 92.7 Å². The van der Waals surface area contributed by atoms with Gasteiger partial charge in [-0.2, -0.15) is 0 Å². The lowest BCUT2D eigenvalue weighted by Crippen LogP contribution is -2.14. The van der Waals surface area contributed by atoms with Gasteiger partial charge in [0.1, 0.15) is 11.5 Å². The molecule has 0 aromatic heterocycles. The number of hydrogen-bond donors (Lipinski definition) is 2. The third kappa shape index (κ3) is 5.44. The number of carboxylic acid groups (broad SMARTS) is 1. The lowest BCUT2D eigenvalue weighted by molar-refractivity contribution is 0.0696. The second-order valence-corrected chi connectivity index (χ2v) is 9.97. The van der Waals surface area contributed by atoms with Crippen LogP contribution in [0.3, 0.4) is 0 Å². The van der Waals surface area contributed by atoms with E-state index in [9.17, 15) is 18.3 Å². The molecule has 0 fully saturated rings. The van der Waals surface area contributed by atoms with Gasteiger partial charge in [0.15, 0.2) is 0 Å². The van der Waals surface area contributed by atoms with E-state index in [1.54, 1.807) is 31.2 Å². The van der Waals surface area contributed by atoms with Crippen LogP contribution in [0.2, 0.25) is 0 Å². The molecule has 0 saturated carbocycles. The lowest BCUT2D eigenvalue weighted by Gasteiger charge is -2.19. The summed E-state index contributed by atoms with van der Waals surface area (Å²) in [5.74, 6) is 0.0729. The van der Waals surface area contributed by atoms with Gasteiger partial charge in [0.2, 0.25) is 0 Å². The minimum atomic E-state index is -3.93. The normalized spacial score (nSPS) is 11.7. The summed E-state index contributed by atoms with van der Waals surface area (Å²) < 4.78 is 33.6. The van der Waals surface area contributed by atoms with Crippen LogP contribution in [0, 0.1) is 6.92 Å². The molecule has 0 radical (unpaired) electrons. The number of benzene rings is 3. The fraction of sp³-hybridized carbons (Fsp3) is 0.208. The van der Waals surface area contributed by atoms with Gasteiger partial charge >= 0.3 is 5.97 Å². The van der Waals surface area contributed by atoms with E-state index in [4.69, 9.17) is 4.74 Å². The molecule has 6 nitrogen and oxygen atoms in total. The Balaban J connectivity index is 1.73. The van der Waals surface area contributed by atoms with Crippen LogP contribution in [0.5, 0.6) is 11.5 Å². The zero-order chi connectivity index (χ0) is 22.8. The van der Waals surface area contributed by atoms with Gasteiger partial charge < -0.3 is 9.84 Å². The lowest BCUT2D eigenvalue weighted by atomic mass is 9.87. The quantitative estimate of drug-likeness (QED) is 0.523. The van der Waals surface area contributed by atoms with Crippen molar-refractivity contribution in [1.29, 1.82) is 0 Å². The van der Waals surface area contributed by atoms with Gasteiger partial charge in [-0.1, -0.05) is 39.0 Å². The highest BCUT2D eigenvalue weighted by Gasteiger charge is 2.18. The van der Waals surface area contributed by atoms with Crippen LogP contribution >= 0.6 is 0 Å². The van der Waals surface area contributed by atoms with Crippen LogP contribution in [0.15, 0.2) is 71.6 Å². The molecule has 3 aromatic carbocycles. The van der Waals surface area contributed by atoms with E-state index in [0.717, 1.165) is 6.07 Å². The van der Waals surface area contributed by atoms with E-state index in [0.29, 0.717) is 22.7 Å². The van der Waals surface area contributed by atoms with E-state index >= 15 is 0 Å². The van der Waals surface area contributed by atoms with Crippen molar-refractivity contribution in [3.8, 4) is 11.5 Å². The van der Waals surface area contributed by atoms with Crippen LogP contribution < -0.4 is 9.46 Å². The maximum atomic E-state index is 12.6. The Bertz CT molecular complexity index is 1190. The molecule has 0 bridgehead atoms. The molecule has 0 saturated heterocycles. The molecule has 31 heavy (non-hydrogen) atoms. The number of nitrogens with one attached hydrogen (secondary N) is 1. The van der Waals surface area contributed by atoms with Crippen LogP contribution in [-0.4, -0.2) is 19.5 Å². The minimum absolute atomic E-state index is 0.0518. The summed E-state index contributed by atoms with van der Waals surface area (Å²) in [5, 5.41) is 9.22.